The van der Waals surface area contributed by atoms with Crippen LogP contribution in [-0.4, -0.2) is 14.5 Å². The Bertz CT molecular complexity index is 535. The van der Waals surface area contributed by atoms with Crippen LogP contribution in [0.25, 0.3) is 11.0 Å². The van der Waals surface area contributed by atoms with E-state index in [9.17, 15) is 10.1 Å². The van der Waals surface area contributed by atoms with Gasteiger partial charge < -0.3 is 4.57 Å². The molecule has 0 aliphatic heterocycles. The monoisotopic (exact) mass is 225 g/mol. The molecule has 0 fully saturated rings. The first-order valence-electron chi connectivity index (χ1n) is 4.42. The van der Waals surface area contributed by atoms with E-state index in [0.29, 0.717) is 5.52 Å². The lowest BCUT2D eigenvalue weighted by atomic mass is 10.3. The number of nitro groups is 1. The van der Waals surface area contributed by atoms with Gasteiger partial charge in [0, 0.05) is 12.6 Å². The quantitative estimate of drug-likeness (QED) is 0.583. The Balaban J connectivity index is 2.75. The number of imidazole rings is 1. The van der Waals surface area contributed by atoms with Gasteiger partial charge in [0.2, 0.25) is 0 Å². The molecular weight excluding hydrogens is 218 g/mol. The number of halogens is 1. The third-order valence-corrected chi connectivity index (χ3v) is 2.53. The average molecular weight is 226 g/mol. The Morgan fingerprint density at radius 1 is 1.60 bits per heavy atom. The van der Waals surface area contributed by atoms with E-state index < -0.39 is 4.92 Å². The van der Waals surface area contributed by atoms with Gasteiger partial charge in [0.05, 0.1) is 22.3 Å². The summed E-state index contributed by atoms with van der Waals surface area (Å²) in [5.74, 6) is 0. The zero-order valence-corrected chi connectivity index (χ0v) is 8.73. The number of benzene rings is 1. The Labute approximate surface area is 90.4 Å². The fraction of sp³-hybridized carbons (Fsp3) is 0.222. The predicted octanol–water partition coefficient (Wildman–Crippen LogP) is 2.62. The first-order valence-corrected chi connectivity index (χ1v) is 4.80. The largest absolute Gasteiger partial charge is 0.331 e. The van der Waals surface area contributed by atoms with Crippen molar-refractivity contribution < 1.29 is 4.92 Å². The number of nitrogens with zero attached hydrogens (tertiary/aromatic N) is 3. The Morgan fingerprint density at radius 2 is 2.33 bits per heavy atom. The summed E-state index contributed by atoms with van der Waals surface area (Å²) in [6.45, 7) is 2.66. The normalized spacial score (nSPS) is 10.8. The molecular formula is C9H8ClN3O2. The van der Waals surface area contributed by atoms with E-state index in [1.54, 1.807) is 6.33 Å². The molecule has 0 radical (unpaired) electrons. The molecule has 1 aromatic heterocycles. The minimum absolute atomic E-state index is 0.0839. The summed E-state index contributed by atoms with van der Waals surface area (Å²) in [5.41, 5.74) is 1.32. The zero-order chi connectivity index (χ0) is 11.0. The third kappa shape index (κ3) is 1.55. The maximum absolute atomic E-state index is 10.7. The van der Waals surface area contributed by atoms with Crippen LogP contribution in [0.4, 0.5) is 5.69 Å². The van der Waals surface area contributed by atoms with Crippen LogP contribution in [-0.2, 0) is 6.54 Å². The molecule has 15 heavy (non-hydrogen) atoms. The van der Waals surface area contributed by atoms with E-state index in [-0.39, 0.29) is 10.7 Å². The van der Waals surface area contributed by atoms with Gasteiger partial charge in [-0.25, -0.2) is 4.98 Å². The first kappa shape index (κ1) is 9.92. The minimum atomic E-state index is -0.491. The van der Waals surface area contributed by atoms with E-state index in [0.717, 1.165) is 12.1 Å². The molecule has 0 bridgehead atoms. The third-order valence-electron chi connectivity index (χ3n) is 2.23. The number of fused-ring (bicyclic) bond motifs is 1. The fourth-order valence-corrected chi connectivity index (χ4v) is 1.69. The van der Waals surface area contributed by atoms with Crippen LogP contribution in [0.1, 0.15) is 6.92 Å². The van der Waals surface area contributed by atoms with Gasteiger partial charge in [-0.15, -0.1) is 0 Å². The van der Waals surface area contributed by atoms with Crippen LogP contribution < -0.4 is 0 Å². The van der Waals surface area contributed by atoms with Crippen LogP contribution in [0.2, 0.25) is 5.02 Å². The van der Waals surface area contributed by atoms with Gasteiger partial charge in [-0.05, 0) is 13.0 Å². The maximum Gasteiger partial charge on any atom is 0.290 e. The van der Waals surface area contributed by atoms with Crippen molar-refractivity contribution in [1.29, 1.82) is 0 Å². The molecule has 0 saturated heterocycles. The summed E-state index contributed by atoms with van der Waals surface area (Å²) in [4.78, 5) is 14.3. The molecule has 0 N–H and O–H groups in total. The number of hydrogen-bond donors (Lipinski definition) is 0. The van der Waals surface area contributed by atoms with Crippen molar-refractivity contribution in [3.05, 3.63) is 33.6 Å². The van der Waals surface area contributed by atoms with Gasteiger partial charge in [0.15, 0.2) is 0 Å². The molecule has 6 heteroatoms. The van der Waals surface area contributed by atoms with Gasteiger partial charge >= 0.3 is 0 Å². The lowest BCUT2D eigenvalue weighted by Gasteiger charge is -1.99. The molecule has 0 aliphatic rings. The summed E-state index contributed by atoms with van der Waals surface area (Å²) < 4.78 is 1.83. The summed E-state index contributed by atoms with van der Waals surface area (Å²) in [6, 6.07) is 2.97. The topological polar surface area (TPSA) is 61.0 Å². The van der Waals surface area contributed by atoms with E-state index in [4.69, 9.17) is 11.6 Å². The molecule has 0 spiro atoms. The van der Waals surface area contributed by atoms with Crippen molar-refractivity contribution in [3.63, 3.8) is 0 Å². The van der Waals surface area contributed by atoms with Crippen LogP contribution in [0, 0.1) is 10.1 Å². The van der Waals surface area contributed by atoms with Crippen LogP contribution in [0.5, 0.6) is 0 Å². The molecule has 0 aliphatic carbocycles. The molecule has 0 saturated carbocycles. The van der Waals surface area contributed by atoms with Crippen LogP contribution in [0.3, 0.4) is 0 Å². The highest BCUT2D eigenvalue weighted by Crippen LogP contribution is 2.29. The highest BCUT2D eigenvalue weighted by molar-refractivity contribution is 6.33. The molecule has 1 aromatic carbocycles. The standard InChI is InChI=1S/C9H8ClN3O2/c1-2-12-5-11-7-3-6(10)8(13(14)15)4-9(7)12/h3-5H,2H2,1H3. The van der Waals surface area contributed by atoms with Gasteiger partial charge in [-0.2, -0.15) is 0 Å². The van der Waals surface area contributed by atoms with E-state index in [1.165, 1.54) is 12.1 Å². The van der Waals surface area contributed by atoms with Crippen LogP contribution >= 0.6 is 11.6 Å². The average Bonchev–Trinajstić information content (AvgIpc) is 2.58. The summed E-state index contributed by atoms with van der Waals surface area (Å²) >= 11 is 5.76. The Kier molecular flexibility index (Phi) is 2.32. The number of hydrogen-bond acceptors (Lipinski definition) is 3. The second-order valence-corrected chi connectivity index (χ2v) is 3.49. The highest BCUT2D eigenvalue weighted by Gasteiger charge is 2.15. The van der Waals surface area contributed by atoms with Gasteiger partial charge in [0.25, 0.3) is 5.69 Å². The number of aryl methyl sites for hydroxylation is 1. The summed E-state index contributed by atoms with van der Waals surface area (Å²) in [6.07, 6.45) is 1.64. The molecule has 5 nitrogen and oxygen atoms in total. The van der Waals surface area contributed by atoms with Gasteiger partial charge in [0.1, 0.15) is 5.02 Å². The lowest BCUT2D eigenvalue weighted by molar-refractivity contribution is -0.384. The maximum atomic E-state index is 10.7. The van der Waals surface area contributed by atoms with Crippen molar-refractivity contribution in [2.45, 2.75) is 13.5 Å². The fourth-order valence-electron chi connectivity index (χ4n) is 1.46. The molecule has 0 atom stereocenters. The first-order chi connectivity index (χ1) is 7.13. The number of rotatable bonds is 2. The smallest absolute Gasteiger partial charge is 0.290 e. The van der Waals surface area contributed by atoms with Gasteiger partial charge in [-0.1, -0.05) is 11.6 Å². The highest BCUT2D eigenvalue weighted by atomic mass is 35.5. The molecule has 0 amide bonds. The van der Waals surface area contributed by atoms with E-state index in [2.05, 4.69) is 4.98 Å². The molecule has 1 heterocycles. The predicted molar refractivity (Wildman–Crippen MR) is 57.1 cm³/mol. The molecule has 2 aromatic rings. The molecule has 78 valence electrons. The van der Waals surface area contributed by atoms with Crippen LogP contribution in [0.15, 0.2) is 18.5 Å². The second-order valence-electron chi connectivity index (χ2n) is 3.08. The zero-order valence-electron chi connectivity index (χ0n) is 7.98. The van der Waals surface area contributed by atoms with Gasteiger partial charge in [-0.3, -0.25) is 10.1 Å². The number of aromatic nitrogens is 2. The lowest BCUT2D eigenvalue weighted by Crippen LogP contribution is -1.93. The van der Waals surface area contributed by atoms with Crippen molar-refractivity contribution >= 4 is 28.3 Å². The SMILES string of the molecule is CCn1cnc2cc(Cl)c([N+](=O)[O-])cc21. The second kappa shape index (κ2) is 3.51. The molecule has 2 rings (SSSR count). The molecule has 0 unspecified atom stereocenters. The number of nitro benzene ring substituents is 1. The Hall–Kier alpha value is -1.62. The van der Waals surface area contributed by atoms with Crippen molar-refractivity contribution in [2.24, 2.45) is 0 Å². The Morgan fingerprint density at radius 3 is 2.93 bits per heavy atom. The summed E-state index contributed by atoms with van der Waals surface area (Å²) in [5, 5.41) is 10.8. The van der Waals surface area contributed by atoms with E-state index >= 15 is 0 Å². The minimum Gasteiger partial charge on any atom is -0.331 e. The van der Waals surface area contributed by atoms with E-state index in [1.807, 2.05) is 11.5 Å². The van der Waals surface area contributed by atoms with Crippen molar-refractivity contribution in [2.75, 3.05) is 0 Å². The van der Waals surface area contributed by atoms with Crippen molar-refractivity contribution in [1.82, 2.24) is 9.55 Å². The summed E-state index contributed by atoms with van der Waals surface area (Å²) in [7, 11) is 0. The van der Waals surface area contributed by atoms with Crippen molar-refractivity contribution in [3.8, 4) is 0 Å².